The molecule has 88 valence electrons. The normalized spacial score (nSPS) is 10.1. The molecule has 1 aromatic rings. The van der Waals surface area contributed by atoms with Crippen LogP contribution in [0.25, 0.3) is 0 Å². The van der Waals surface area contributed by atoms with E-state index in [0.29, 0.717) is 18.1 Å². The molecule has 0 N–H and O–H groups in total. The van der Waals surface area contributed by atoms with Gasteiger partial charge in [-0.05, 0) is 35.0 Å². The molecule has 0 saturated carbocycles. The monoisotopic (exact) mass is 352 g/mol. The van der Waals surface area contributed by atoms with E-state index in [4.69, 9.17) is 16.3 Å². The molecule has 0 heterocycles. The van der Waals surface area contributed by atoms with Crippen LogP contribution in [0.15, 0.2) is 24.3 Å². The Morgan fingerprint density at radius 2 is 1.94 bits per heavy atom. The second-order valence-corrected chi connectivity index (χ2v) is 4.71. The first kappa shape index (κ1) is 13.8. The minimum atomic E-state index is -0.255. The average Bonchev–Trinajstić information content (AvgIpc) is 2.34. The van der Waals surface area contributed by atoms with Gasteiger partial charge in [-0.1, -0.05) is 34.7 Å². The van der Waals surface area contributed by atoms with E-state index < -0.39 is 0 Å². The molecule has 0 radical (unpaired) electrons. The smallest absolute Gasteiger partial charge is 0.338 e. The van der Waals surface area contributed by atoms with Gasteiger partial charge < -0.3 is 4.74 Å². The van der Waals surface area contributed by atoms with Crippen molar-refractivity contribution in [2.24, 2.45) is 0 Å². The van der Waals surface area contributed by atoms with Crippen molar-refractivity contribution in [1.29, 1.82) is 0 Å². The molecule has 16 heavy (non-hydrogen) atoms. The van der Waals surface area contributed by atoms with Crippen molar-refractivity contribution < 1.29 is 9.53 Å². The molecule has 0 fully saturated rings. The quantitative estimate of drug-likeness (QED) is 0.337. The topological polar surface area (TPSA) is 26.3 Å². The fourth-order valence-electron chi connectivity index (χ4n) is 1.17. The van der Waals surface area contributed by atoms with Crippen molar-refractivity contribution in [2.75, 3.05) is 11.0 Å². The van der Waals surface area contributed by atoms with Crippen LogP contribution in [0, 0.1) is 0 Å². The lowest BCUT2D eigenvalue weighted by Gasteiger charge is -2.04. The van der Waals surface area contributed by atoms with E-state index in [1.807, 2.05) is 12.1 Å². The van der Waals surface area contributed by atoms with Crippen molar-refractivity contribution >= 4 is 40.2 Å². The second kappa shape index (κ2) is 7.90. The summed E-state index contributed by atoms with van der Waals surface area (Å²) in [5, 5.41) is 0. The molecule has 0 aromatic heterocycles. The number of carbonyl (C=O) groups excluding carboxylic acids is 1. The van der Waals surface area contributed by atoms with E-state index in [9.17, 15) is 4.79 Å². The first-order chi connectivity index (χ1) is 7.77. The first-order valence-electron chi connectivity index (χ1n) is 5.16. The molecule has 0 saturated heterocycles. The lowest BCUT2D eigenvalue weighted by Crippen LogP contribution is -2.06. The fourth-order valence-corrected chi connectivity index (χ4v) is 1.89. The van der Waals surface area contributed by atoms with Gasteiger partial charge in [-0.2, -0.15) is 0 Å². The maximum absolute atomic E-state index is 11.6. The predicted octanol–water partition coefficient (Wildman–Crippen LogP) is 3.80. The number of unbranched alkanes of at least 4 members (excludes halogenated alkanes) is 1. The largest absolute Gasteiger partial charge is 0.462 e. The van der Waals surface area contributed by atoms with Crippen LogP contribution in [-0.4, -0.2) is 17.0 Å². The molecule has 0 spiro atoms. The highest BCUT2D eigenvalue weighted by Gasteiger charge is 2.05. The van der Waals surface area contributed by atoms with Crippen LogP contribution in [-0.2, 0) is 10.6 Å². The van der Waals surface area contributed by atoms with Gasteiger partial charge in [0, 0.05) is 5.88 Å². The second-order valence-electron chi connectivity index (χ2n) is 3.36. The Bertz CT molecular complexity index is 324. The first-order valence-corrected chi connectivity index (χ1v) is 7.22. The molecular weight excluding hydrogens is 338 g/mol. The number of hydrogen-bond acceptors (Lipinski definition) is 2. The number of carbonyl (C=O) groups is 1. The van der Waals surface area contributed by atoms with Crippen molar-refractivity contribution in [3.05, 3.63) is 35.4 Å². The fraction of sp³-hybridized carbons (Fsp3) is 0.417. The highest BCUT2D eigenvalue weighted by atomic mass is 127. The number of ether oxygens (including phenoxy) is 1. The Kier molecular flexibility index (Phi) is 6.80. The minimum absolute atomic E-state index is 0.255. The summed E-state index contributed by atoms with van der Waals surface area (Å²) in [4.78, 5) is 11.6. The zero-order valence-electron chi connectivity index (χ0n) is 8.92. The average molecular weight is 353 g/mol. The Morgan fingerprint density at radius 1 is 1.25 bits per heavy atom. The number of halogens is 2. The van der Waals surface area contributed by atoms with Crippen molar-refractivity contribution in [1.82, 2.24) is 0 Å². The molecular formula is C12H14ClIO2. The maximum Gasteiger partial charge on any atom is 0.338 e. The van der Waals surface area contributed by atoms with E-state index in [0.717, 1.165) is 22.8 Å². The standard InChI is InChI=1S/C12H14ClIO2/c13-9-10-3-5-11(6-4-10)12(15)16-8-2-1-7-14/h3-6H,1-2,7-9H2. The van der Waals surface area contributed by atoms with Crippen molar-refractivity contribution in [2.45, 2.75) is 18.7 Å². The van der Waals surface area contributed by atoms with E-state index >= 15 is 0 Å². The Hall–Kier alpha value is -0.290. The van der Waals surface area contributed by atoms with Crippen molar-refractivity contribution in [3.63, 3.8) is 0 Å². The van der Waals surface area contributed by atoms with Crippen LogP contribution in [0.1, 0.15) is 28.8 Å². The lowest BCUT2D eigenvalue weighted by atomic mass is 10.1. The Balaban J connectivity index is 2.40. The lowest BCUT2D eigenvalue weighted by molar-refractivity contribution is 0.0500. The van der Waals surface area contributed by atoms with Crippen LogP contribution >= 0.6 is 34.2 Å². The molecule has 2 nitrogen and oxygen atoms in total. The SMILES string of the molecule is O=C(OCCCCI)c1ccc(CCl)cc1. The molecule has 1 aromatic carbocycles. The highest BCUT2D eigenvalue weighted by molar-refractivity contribution is 14.1. The summed E-state index contributed by atoms with van der Waals surface area (Å²) in [6.45, 7) is 0.499. The zero-order chi connectivity index (χ0) is 11.8. The zero-order valence-corrected chi connectivity index (χ0v) is 11.8. The van der Waals surface area contributed by atoms with Gasteiger partial charge in [-0.25, -0.2) is 4.79 Å². The molecule has 0 aliphatic rings. The van der Waals surface area contributed by atoms with E-state index in [2.05, 4.69) is 22.6 Å². The predicted molar refractivity (Wildman–Crippen MR) is 74.4 cm³/mol. The third-order valence-electron chi connectivity index (χ3n) is 2.11. The molecule has 0 amide bonds. The molecule has 0 bridgehead atoms. The molecule has 0 atom stereocenters. The van der Waals surface area contributed by atoms with Crippen LogP contribution < -0.4 is 0 Å². The number of rotatable bonds is 6. The van der Waals surface area contributed by atoms with Gasteiger partial charge in [0.05, 0.1) is 12.2 Å². The van der Waals surface area contributed by atoms with E-state index in [1.54, 1.807) is 12.1 Å². The van der Waals surface area contributed by atoms with Crippen LogP contribution in [0.3, 0.4) is 0 Å². The van der Waals surface area contributed by atoms with Gasteiger partial charge in [0.25, 0.3) is 0 Å². The third kappa shape index (κ3) is 4.70. The number of alkyl halides is 2. The number of benzene rings is 1. The Labute approximate surface area is 114 Å². The van der Waals surface area contributed by atoms with E-state index in [1.165, 1.54) is 0 Å². The summed E-state index contributed by atoms with van der Waals surface area (Å²) in [7, 11) is 0. The molecule has 4 heteroatoms. The van der Waals surface area contributed by atoms with Gasteiger partial charge in [-0.3, -0.25) is 0 Å². The van der Waals surface area contributed by atoms with Gasteiger partial charge in [0.15, 0.2) is 0 Å². The third-order valence-corrected chi connectivity index (χ3v) is 3.18. The molecule has 0 aliphatic carbocycles. The summed E-state index contributed by atoms with van der Waals surface area (Å²) in [6, 6.07) is 7.18. The summed E-state index contributed by atoms with van der Waals surface area (Å²) >= 11 is 7.97. The summed E-state index contributed by atoms with van der Waals surface area (Å²) < 4.78 is 6.23. The van der Waals surface area contributed by atoms with Gasteiger partial charge in [0.1, 0.15) is 0 Å². The van der Waals surface area contributed by atoms with Gasteiger partial charge >= 0.3 is 5.97 Å². The van der Waals surface area contributed by atoms with Crippen LogP contribution in [0.5, 0.6) is 0 Å². The number of esters is 1. The van der Waals surface area contributed by atoms with Crippen molar-refractivity contribution in [3.8, 4) is 0 Å². The number of hydrogen-bond donors (Lipinski definition) is 0. The molecule has 0 aliphatic heterocycles. The van der Waals surface area contributed by atoms with Gasteiger partial charge in [-0.15, -0.1) is 11.6 Å². The summed E-state index contributed by atoms with van der Waals surface area (Å²) in [5.41, 5.74) is 1.59. The minimum Gasteiger partial charge on any atom is -0.462 e. The highest BCUT2D eigenvalue weighted by Crippen LogP contribution is 2.08. The Morgan fingerprint density at radius 3 is 2.50 bits per heavy atom. The van der Waals surface area contributed by atoms with E-state index in [-0.39, 0.29) is 5.97 Å². The maximum atomic E-state index is 11.6. The van der Waals surface area contributed by atoms with Crippen LogP contribution in [0.4, 0.5) is 0 Å². The molecule has 1 rings (SSSR count). The summed E-state index contributed by atoms with van der Waals surface area (Å²) in [6.07, 6.45) is 2.01. The molecule has 0 unspecified atom stereocenters. The van der Waals surface area contributed by atoms with Crippen LogP contribution in [0.2, 0.25) is 0 Å². The summed E-state index contributed by atoms with van der Waals surface area (Å²) in [5.74, 6) is 0.208. The van der Waals surface area contributed by atoms with Gasteiger partial charge in [0.2, 0.25) is 0 Å².